The first kappa shape index (κ1) is 13.5. The lowest BCUT2D eigenvalue weighted by atomic mass is 10.1. The van der Waals surface area contributed by atoms with E-state index in [9.17, 15) is 0 Å². The second-order valence-corrected chi connectivity index (χ2v) is 5.60. The zero-order valence-corrected chi connectivity index (χ0v) is 12.3. The SMILES string of the molecule is COc1cccc(CNC2CCc3cc(Cl)ccc32)c1. The summed E-state index contributed by atoms with van der Waals surface area (Å²) in [5.41, 5.74) is 4.00. The van der Waals surface area contributed by atoms with Crippen molar-refractivity contribution in [3.63, 3.8) is 0 Å². The highest BCUT2D eigenvalue weighted by Crippen LogP contribution is 2.33. The van der Waals surface area contributed by atoms with Crippen LogP contribution in [0.25, 0.3) is 0 Å². The molecular formula is C17H18ClNO. The number of fused-ring (bicyclic) bond motifs is 1. The van der Waals surface area contributed by atoms with Gasteiger partial charge in [0.15, 0.2) is 0 Å². The van der Waals surface area contributed by atoms with Gasteiger partial charge in [0.25, 0.3) is 0 Å². The van der Waals surface area contributed by atoms with Crippen molar-refractivity contribution in [3.05, 3.63) is 64.2 Å². The van der Waals surface area contributed by atoms with E-state index in [-0.39, 0.29) is 0 Å². The molecule has 0 saturated heterocycles. The second-order valence-electron chi connectivity index (χ2n) is 5.17. The van der Waals surface area contributed by atoms with Crippen LogP contribution in [0, 0.1) is 0 Å². The first-order valence-corrected chi connectivity index (χ1v) is 7.28. The zero-order valence-electron chi connectivity index (χ0n) is 11.5. The Bertz CT molecular complexity index is 612. The van der Waals surface area contributed by atoms with Gasteiger partial charge in [-0.15, -0.1) is 0 Å². The number of aryl methyl sites for hydroxylation is 1. The van der Waals surface area contributed by atoms with E-state index in [1.807, 2.05) is 18.2 Å². The summed E-state index contributed by atoms with van der Waals surface area (Å²) in [6.45, 7) is 0.851. The van der Waals surface area contributed by atoms with Crippen molar-refractivity contribution < 1.29 is 4.74 Å². The number of hydrogen-bond acceptors (Lipinski definition) is 2. The summed E-state index contributed by atoms with van der Waals surface area (Å²) in [5.74, 6) is 0.905. The standard InChI is InChI=1S/C17H18ClNO/c1-20-15-4-2-3-12(9-15)11-19-17-8-5-13-10-14(18)6-7-16(13)17/h2-4,6-7,9-10,17,19H,5,8,11H2,1H3. The van der Waals surface area contributed by atoms with Crippen LogP contribution in [0.5, 0.6) is 5.75 Å². The molecule has 2 nitrogen and oxygen atoms in total. The summed E-state index contributed by atoms with van der Waals surface area (Å²) in [6, 6.07) is 14.8. The lowest BCUT2D eigenvalue weighted by Crippen LogP contribution is -2.18. The zero-order chi connectivity index (χ0) is 13.9. The average molecular weight is 288 g/mol. The lowest BCUT2D eigenvalue weighted by molar-refractivity contribution is 0.413. The van der Waals surface area contributed by atoms with E-state index in [1.54, 1.807) is 7.11 Å². The molecule has 104 valence electrons. The molecule has 0 bridgehead atoms. The third-order valence-corrected chi connectivity index (χ3v) is 4.10. The summed E-state index contributed by atoms with van der Waals surface area (Å²) >= 11 is 6.04. The molecule has 0 spiro atoms. The van der Waals surface area contributed by atoms with Crippen LogP contribution in [0.2, 0.25) is 5.02 Å². The molecule has 0 aliphatic heterocycles. The Balaban J connectivity index is 1.68. The van der Waals surface area contributed by atoms with Crippen LogP contribution in [0.15, 0.2) is 42.5 Å². The summed E-state index contributed by atoms with van der Waals surface area (Å²) < 4.78 is 5.25. The Morgan fingerprint density at radius 2 is 2.15 bits per heavy atom. The van der Waals surface area contributed by atoms with Gasteiger partial charge in [-0.2, -0.15) is 0 Å². The van der Waals surface area contributed by atoms with Crippen LogP contribution < -0.4 is 10.1 Å². The number of ether oxygens (including phenoxy) is 1. The molecule has 0 aromatic heterocycles. The first-order chi connectivity index (χ1) is 9.76. The van der Waals surface area contributed by atoms with Gasteiger partial charge in [0.2, 0.25) is 0 Å². The predicted octanol–water partition coefficient (Wildman–Crippen LogP) is 4.13. The molecule has 3 heteroatoms. The second kappa shape index (κ2) is 5.86. The molecule has 0 heterocycles. The molecule has 2 aromatic carbocycles. The summed E-state index contributed by atoms with van der Waals surface area (Å²) in [4.78, 5) is 0. The minimum Gasteiger partial charge on any atom is -0.497 e. The Morgan fingerprint density at radius 3 is 3.00 bits per heavy atom. The molecule has 1 unspecified atom stereocenters. The Hall–Kier alpha value is -1.51. The van der Waals surface area contributed by atoms with Gasteiger partial charge in [0.1, 0.15) is 5.75 Å². The third kappa shape index (κ3) is 2.82. The van der Waals surface area contributed by atoms with Crippen LogP contribution in [0.3, 0.4) is 0 Å². The highest BCUT2D eigenvalue weighted by atomic mass is 35.5. The molecule has 1 aliphatic carbocycles. The van der Waals surface area contributed by atoms with Crippen molar-refractivity contribution in [1.29, 1.82) is 0 Å². The van der Waals surface area contributed by atoms with Gasteiger partial charge in [-0.05, 0) is 53.8 Å². The summed E-state index contributed by atoms with van der Waals surface area (Å²) in [6.07, 6.45) is 2.24. The molecule has 3 rings (SSSR count). The molecule has 20 heavy (non-hydrogen) atoms. The van der Waals surface area contributed by atoms with Crippen LogP contribution >= 0.6 is 11.6 Å². The van der Waals surface area contributed by atoms with Crippen LogP contribution in [0.4, 0.5) is 0 Å². The van der Waals surface area contributed by atoms with Crippen LogP contribution in [-0.4, -0.2) is 7.11 Å². The maximum atomic E-state index is 6.04. The maximum Gasteiger partial charge on any atom is 0.119 e. The van der Waals surface area contributed by atoms with E-state index < -0.39 is 0 Å². The Kier molecular flexibility index (Phi) is 3.95. The molecular weight excluding hydrogens is 270 g/mol. The molecule has 0 radical (unpaired) electrons. The number of hydrogen-bond donors (Lipinski definition) is 1. The van der Waals surface area contributed by atoms with Crippen molar-refractivity contribution in [2.45, 2.75) is 25.4 Å². The molecule has 0 fully saturated rings. The highest BCUT2D eigenvalue weighted by Gasteiger charge is 2.21. The van der Waals surface area contributed by atoms with Gasteiger partial charge in [0.05, 0.1) is 7.11 Å². The largest absolute Gasteiger partial charge is 0.497 e. The number of rotatable bonds is 4. The van der Waals surface area contributed by atoms with Gasteiger partial charge in [-0.25, -0.2) is 0 Å². The normalized spacial score (nSPS) is 17.0. The molecule has 2 aromatic rings. The van der Waals surface area contributed by atoms with E-state index in [0.717, 1.165) is 30.2 Å². The molecule has 1 aliphatic rings. The third-order valence-electron chi connectivity index (χ3n) is 3.87. The monoisotopic (exact) mass is 287 g/mol. The van der Waals surface area contributed by atoms with E-state index in [2.05, 4.69) is 29.6 Å². The Labute approximate surface area is 124 Å². The van der Waals surface area contributed by atoms with Crippen LogP contribution in [0.1, 0.15) is 29.2 Å². The van der Waals surface area contributed by atoms with Crippen molar-refractivity contribution in [1.82, 2.24) is 5.32 Å². The molecule has 0 saturated carbocycles. The lowest BCUT2D eigenvalue weighted by Gasteiger charge is -2.14. The number of methoxy groups -OCH3 is 1. The highest BCUT2D eigenvalue weighted by molar-refractivity contribution is 6.30. The Morgan fingerprint density at radius 1 is 1.25 bits per heavy atom. The van der Waals surface area contributed by atoms with E-state index in [4.69, 9.17) is 16.3 Å². The van der Waals surface area contributed by atoms with Crippen molar-refractivity contribution in [3.8, 4) is 5.75 Å². The topological polar surface area (TPSA) is 21.3 Å². The fraction of sp³-hybridized carbons (Fsp3) is 0.294. The quantitative estimate of drug-likeness (QED) is 0.913. The minimum absolute atomic E-state index is 0.425. The molecule has 0 amide bonds. The number of halogens is 1. The minimum atomic E-state index is 0.425. The fourth-order valence-electron chi connectivity index (χ4n) is 2.82. The number of nitrogens with one attached hydrogen (secondary N) is 1. The van der Waals surface area contributed by atoms with Gasteiger partial charge in [-0.1, -0.05) is 29.8 Å². The average Bonchev–Trinajstić information content (AvgIpc) is 2.87. The molecule has 1 atom stereocenters. The smallest absolute Gasteiger partial charge is 0.119 e. The van der Waals surface area contributed by atoms with E-state index in [1.165, 1.54) is 16.7 Å². The van der Waals surface area contributed by atoms with E-state index in [0.29, 0.717) is 6.04 Å². The van der Waals surface area contributed by atoms with Crippen LogP contribution in [-0.2, 0) is 13.0 Å². The maximum absolute atomic E-state index is 6.04. The van der Waals surface area contributed by atoms with Crippen molar-refractivity contribution in [2.24, 2.45) is 0 Å². The van der Waals surface area contributed by atoms with Crippen molar-refractivity contribution >= 4 is 11.6 Å². The van der Waals surface area contributed by atoms with Gasteiger partial charge >= 0.3 is 0 Å². The summed E-state index contributed by atoms with van der Waals surface area (Å²) in [7, 11) is 1.70. The van der Waals surface area contributed by atoms with Gasteiger partial charge in [0, 0.05) is 17.6 Å². The van der Waals surface area contributed by atoms with E-state index >= 15 is 0 Å². The van der Waals surface area contributed by atoms with Gasteiger partial charge in [-0.3, -0.25) is 0 Å². The first-order valence-electron chi connectivity index (χ1n) is 6.91. The summed E-state index contributed by atoms with van der Waals surface area (Å²) in [5, 5.41) is 4.46. The molecule has 1 N–H and O–H groups in total. The van der Waals surface area contributed by atoms with Crippen molar-refractivity contribution in [2.75, 3.05) is 7.11 Å². The number of benzene rings is 2. The fourth-order valence-corrected chi connectivity index (χ4v) is 3.02. The van der Waals surface area contributed by atoms with Gasteiger partial charge < -0.3 is 10.1 Å². The predicted molar refractivity (Wildman–Crippen MR) is 82.3 cm³/mol.